The summed E-state index contributed by atoms with van der Waals surface area (Å²) in [6.07, 6.45) is 3.09. The first kappa shape index (κ1) is 10.2. The molecule has 0 atom stereocenters. The lowest BCUT2D eigenvalue weighted by Crippen LogP contribution is -2.20. The fourth-order valence-corrected chi connectivity index (χ4v) is 1.54. The highest BCUT2D eigenvalue weighted by Crippen LogP contribution is 2.09. The lowest BCUT2D eigenvalue weighted by Gasteiger charge is -2.01. The topological polar surface area (TPSA) is 52.7 Å². The number of aryl methyl sites for hydroxylation is 1. The third-order valence-corrected chi connectivity index (χ3v) is 2.21. The molecule has 0 amide bonds. The monoisotopic (exact) mass is 244 g/mol. The van der Waals surface area contributed by atoms with Gasteiger partial charge in [0.05, 0.1) is 6.20 Å². The Bertz CT molecular complexity index is 560. The minimum absolute atomic E-state index is 0.144. The quantitative estimate of drug-likeness (QED) is 0.760. The van der Waals surface area contributed by atoms with Crippen LogP contribution in [0.5, 0.6) is 0 Å². The summed E-state index contributed by atoms with van der Waals surface area (Å²) < 4.78 is 2.82. The van der Waals surface area contributed by atoms with Crippen molar-refractivity contribution in [2.75, 3.05) is 0 Å². The first-order chi connectivity index (χ1) is 7.08. The standard InChI is InChI=1S/C8H6Cl2N4O/c1-13-3-2-6(12-13)14-4-5(9)11-7(10)8(14)15/h2-4H,1H3. The maximum absolute atomic E-state index is 11.6. The zero-order chi connectivity index (χ0) is 11.0. The van der Waals surface area contributed by atoms with E-state index in [2.05, 4.69) is 10.1 Å². The van der Waals surface area contributed by atoms with Gasteiger partial charge in [-0.25, -0.2) is 4.98 Å². The minimum atomic E-state index is -0.445. The second kappa shape index (κ2) is 3.67. The third-order valence-electron chi connectivity index (χ3n) is 1.78. The van der Waals surface area contributed by atoms with Gasteiger partial charge in [-0.1, -0.05) is 23.2 Å². The molecular weight excluding hydrogens is 239 g/mol. The summed E-state index contributed by atoms with van der Waals surface area (Å²) >= 11 is 11.3. The first-order valence-electron chi connectivity index (χ1n) is 4.02. The van der Waals surface area contributed by atoms with E-state index in [0.29, 0.717) is 5.82 Å². The van der Waals surface area contributed by atoms with Crippen molar-refractivity contribution in [3.05, 3.63) is 39.1 Å². The molecule has 2 aromatic heterocycles. The average Bonchev–Trinajstić information content (AvgIpc) is 2.58. The maximum Gasteiger partial charge on any atom is 0.294 e. The van der Waals surface area contributed by atoms with Gasteiger partial charge in [-0.05, 0) is 0 Å². The van der Waals surface area contributed by atoms with Crippen molar-refractivity contribution in [1.29, 1.82) is 0 Å². The number of hydrogen-bond donors (Lipinski definition) is 0. The highest BCUT2D eigenvalue weighted by molar-refractivity contribution is 6.32. The Morgan fingerprint density at radius 3 is 2.73 bits per heavy atom. The highest BCUT2D eigenvalue weighted by Gasteiger charge is 2.08. The predicted molar refractivity (Wildman–Crippen MR) is 56.6 cm³/mol. The van der Waals surface area contributed by atoms with E-state index in [1.54, 1.807) is 24.0 Å². The molecule has 78 valence electrons. The van der Waals surface area contributed by atoms with E-state index in [-0.39, 0.29) is 10.3 Å². The van der Waals surface area contributed by atoms with E-state index in [4.69, 9.17) is 23.2 Å². The number of halogens is 2. The summed E-state index contributed by atoms with van der Waals surface area (Å²) in [7, 11) is 1.75. The van der Waals surface area contributed by atoms with E-state index in [1.165, 1.54) is 10.8 Å². The second-order valence-corrected chi connectivity index (χ2v) is 3.62. The fraction of sp³-hybridized carbons (Fsp3) is 0.125. The Labute approximate surface area is 94.9 Å². The Kier molecular flexibility index (Phi) is 2.50. The molecule has 0 saturated carbocycles. The van der Waals surface area contributed by atoms with Gasteiger partial charge in [-0.2, -0.15) is 5.10 Å². The molecule has 0 aliphatic heterocycles. The van der Waals surface area contributed by atoms with Crippen molar-refractivity contribution in [2.45, 2.75) is 0 Å². The average molecular weight is 245 g/mol. The van der Waals surface area contributed by atoms with Gasteiger partial charge >= 0.3 is 0 Å². The van der Waals surface area contributed by atoms with E-state index in [0.717, 1.165) is 0 Å². The van der Waals surface area contributed by atoms with Crippen molar-refractivity contribution in [1.82, 2.24) is 19.3 Å². The molecule has 0 fully saturated rings. The van der Waals surface area contributed by atoms with Crippen LogP contribution >= 0.6 is 23.2 Å². The smallest absolute Gasteiger partial charge is 0.274 e. The molecule has 0 aliphatic carbocycles. The molecule has 0 bridgehead atoms. The Morgan fingerprint density at radius 1 is 1.40 bits per heavy atom. The van der Waals surface area contributed by atoms with E-state index in [9.17, 15) is 4.79 Å². The van der Waals surface area contributed by atoms with Crippen LogP contribution in [0.15, 0.2) is 23.3 Å². The van der Waals surface area contributed by atoms with Crippen LogP contribution in [0, 0.1) is 0 Å². The van der Waals surface area contributed by atoms with Crippen molar-refractivity contribution < 1.29 is 0 Å². The van der Waals surface area contributed by atoms with E-state index < -0.39 is 5.56 Å². The Morgan fingerprint density at radius 2 is 2.13 bits per heavy atom. The lowest BCUT2D eigenvalue weighted by molar-refractivity contribution is 0.745. The number of nitrogens with zero attached hydrogens (tertiary/aromatic N) is 4. The molecule has 2 heterocycles. The van der Waals surface area contributed by atoms with Crippen LogP contribution in [0.3, 0.4) is 0 Å². The van der Waals surface area contributed by atoms with Gasteiger partial charge in [-0.15, -0.1) is 0 Å². The van der Waals surface area contributed by atoms with Crippen LogP contribution in [0.2, 0.25) is 10.3 Å². The fourth-order valence-electron chi connectivity index (χ4n) is 1.14. The van der Waals surface area contributed by atoms with Crippen LogP contribution in [0.1, 0.15) is 0 Å². The summed E-state index contributed by atoms with van der Waals surface area (Å²) in [6.45, 7) is 0. The van der Waals surface area contributed by atoms with Crippen molar-refractivity contribution >= 4 is 23.2 Å². The van der Waals surface area contributed by atoms with Gasteiger partial charge < -0.3 is 0 Å². The third kappa shape index (κ3) is 1.88. The molecule has 0 unspecified atom stereocenters. The van der Waals surface area contributed by atoms with Crippen LogP contribution in [-0.2, 0) is 7.05 Å². The van der Waals surface area contributed by atoms with Gasteiger partial charge in [0.25, 0.3) is 5.56 Å². The van der Waals surface area contributed by atoms with Gasteiger partial charge in [-0.3, -0.25) is 14.0 Å². The van der Waals surface area contributed by atoms with E-state index in [1.807, 2.05) is 0 Å². The zero-order valence-electron chi connectivity index (χ0n) is 7.69. The van der Waals surface area contributed by atoms with Crippen molar-refractivity contribution in [3.63, 3.8) is 0 Å². The van der Waals surface area contributed by atoms with Crippen molar-refractivity contribution in [3.8, 4) is 5.82 Å². The van der Waals surface area contributed by atoms with Crippen LogP contribution in [0.25, 0.3) is 5.82 Å². The van der Waals surface area contributed by atoms with Gasteiger partial charge in [0.2, 0.25) is 0 Å². The number of hydrogen-bond acceptors (Lipinski definition) is 3. The molecule has 2 rings (SSSR count). The molecule has 0 radical (unpaired) electrons. The Hall–Kier alpha value is -1.33. The molecule has 5 nitrogen and oxygen atoms in total. The summed E-state index contributed by atoms with van der Waals surface area (Å²) in [5.41, 5.74) is -0.445. The molecule has 0 N–H and O–H groups in total. The first-order valence-corrected chi connectivity index (χ1v) is 4.78. The van der Waals surface area contributed by atoms with Gasteiger partial charge in [0, 0.05) is 19.3 Å². The van der Waals surface area contributed by atoms with Crippen LogP contribution in [-0.4, -0.2) is 19.3 Å². The molecule has 0 aliphatic rings. The van der Waals surface area contributed by atoms with Gasteiger partial charge in [0.1, 0.15) is 5.15 Å². The van der Waals surface area contributed by atoms with Crippen LogP contribution < -0.4 is 5.56 Å². The minimum Gasteiger partial charge on any atom is -0.274 e. The molecule has 0 saturated heterocycles. The molecule has 2 aromatic rings. The molecule has 0 spiro atoms. The zero-order valence-corrected chi connectivity index (χ0v) is 9.20. The summed E-state index contributed by atoms with van der Waals surface area (Å²) in [6, 6.07) is 1.67. The molecule has 7 heteroatoms. The number of rotatable bonds is 1. The van der Waals surface area contributed by atoms with Crippen LogP contribution in [0.4, 0.5) is 0 Å². The normalized spacial score (nSPS) is 10.6. The number of aromatic nitrogens is 4. The molecular formula is C8H6Cl2N4O. The maximum atomic E-state index is 11.6. The largest absolute Gasteiger partial charge is 0.294 e. The summed E-state index contributed by atoms with van der Waals surface area (Å²) in [4.78, 5) is 15.2. The Balaban J connectivity index is 2.67. The van der Waals surface area contributed by atoms with Gasteiger partial charge in [0.15, 0.2) is 11.0 Å². The highest BCUT2D eigenvalue weighted by atomic mass is 35.5. The SMILES string of the molecule is Cn1ccc(-n2cc(Cl)nc(Cl)c2=O)n1. The van der Waals surface area contributed by atoms with E-state index >= 15 is 0 Å². The molecule has 15 heavy (non-hydrogen) atoms. The predicted octanol–water partition coefficient (Wildman–Crippen LogP) is 1.27. The summed E-state index contributed by atoms with van der Waals surface area (Å²) in [5.74, 6) is 0.453. The molecule has 0 aromatic carbocycles. The second-order valence-electron chi connectivity index (χ2n) is 2.88. The summed E-state index contributed by atoms with van der Waals surface area (Å²) in [5, 5.41) is 4.03. The lowest BCUT2D eigenvalue weighted by atomic mass is 10.6. The van der Waals surface area contributed by atoms with Crippen molar-refractivity contribution in [2.24, 2.45) is 7.05 Å².